The molecule has 0 heterocycles. The molecule has 0 spiro atoms. The molecule has 3 rings (SSSR count). The van der Waals surface area contributed by atoms with Crippen LogP contribution in [-0.2, 0) is 6.42 Å². The van der Waals surface area contributed by atoms with Gasteiger partial charge in [0.2, 0.25) is 0 Å². The molecule has 0 saturated heterocycles. The zero-order valence-corrected chi connectivity index (χ0v) is 10.9. The van der Waals surface area contributed by atoms with E-state index in [1.807, 2.05) is 0 Å². The third-order valence-electron chi connectivity index (χ3n) is 3.98. The average Bonchev–Trinajstić information content (AvgIpc) is 3.26. The second-order valence-corrected chi connectivity index (χ2v) is 5.58. The minimum atomic E-state index is 0.450. The summed E-state index contributed by atoms with van der Waals surface area (Å²) in [5, 5.41) is 0. The molecule has 96 valence electrons. The van der Waals surface area contributed by atoms with E-state index >= 15 is 0 Å². The van der Waals surface area contributed by atoms with Crippen molar-refractivity contribution >= 4 is 5.96 Å². The molecule has 0 amide bonds. The highest BCUT2D eigenvalue weighted by Gasteiger charge is 2.38. The molecule has 1 aromatic carbocycles. The molecule has 1 aromatic rings. The van der Waals surface area contributed by atoms with Gasteiger partial charge in [-0.15, -0.1) is 0 Å². The van der Waals surface area contributed by atoms with E-state index in [1.54, 1.807) is 0 Å². The Morgan fingerprint density at radius 3 is 2.72 bits per heavy atom. The van der Waals surface area contributed by atoms with E-state index in [4.69, 9.17) is 5.73 Å². The summed E-state index contributed by atoms with van der Waals surface area (Å²) in [5.41, 5.74) is 7.44. The summed E-state index contributed by atoms with van der Waals surface area (Å²) in [7, 11) is 2.06. The second kappa shape index (κ2) is 4.63. The van der Waals surface area contributed by atoms with Crippen LogP contribution in [0.5, 0.6) is 0 Å². The van der Waals surface area contributed by atoms with Gasteiger partial charge < -0.3 is 10.6 Å². The third kappa shape index (κ3) is 2.66. The summed E-state index contributed by atoms with van der Waals surface area (Å²) in [6.45, 7) is 0. The van der Waals surface area contributed by atoms with Gasteiger partial charge in [0.25, 0.3) is 0 Å². The van der Waals surface area contributed by atoms with Crippen molar-refractivity contribution in [3.05, 3.63) is 35.9 Å². The van der Waals surface area contributed by atoms with Crippen molar-refractivity contribution in [2.24, 2.45) is 16.6 Å². The van der Waals surface area contributed by atoms with Gasteiger partial charge in [-0.25, -0.2) is 4.99 Å². The minimum Gasteiger partial charge on any atom is -0.370 e. The van der Waals surface area contributed by atoms with Gasteiger partial charge in [0.1, 0.15) is 0 Å². The Bertz CT molecular complexity index is 436. The zero-order chi connectivity index (χ0) is 12.5. The molecule has 2 fully saturated rings. The Morgan fingerprint density at radius 2 is 2.06 bits per heavy atom. The van der Waals surface area contributed by atoms with Crippen molar-refractivity contribution in [3.63, 3.8) is 0 Å². The molecule has 3 nitrogen and oxygen atoms in total. The summed E-state index contributed by atoms with van der Waals surface area (Å²) < 4.78 is 0. The first-order valence-corrected chi connectivity index (χ1v) is 6.84. The van der Waals surface area contributed by atoms with Gasteiger partial charge in [0, 0.05) is 13.1 Å². The molecule has 2 saturated carbocycles. The van der Waals surface area contributed by atoms with E-state index in [-0.39, 0.29) is 0 Å². The molecule has 2 aliphatic carbocycles. The number of rotatable bonds is 4. The van der Waals surface area contributed by atoms with Crippen LogP contribution < -0.4 is 5.73 Å². The molecule has 3 heteroatoms. The molecule has 2 unspecified atom stereocenters. The predicted octanol–water partition coefficient (Wildman–Crippen LogP) is 2.03. The van der Waals surface area contributed by atoms with Gasteiger partial charge in [-0.05, 0) is 37.2 Å². The predicted molar refractivity (Wildman–Crippen MR) is 74.4 cm³/mol. The van der Waals surface area contributed by atoms with Crippen LogP contribution in [-0.4, -0.2) is 30.0 Å². The van der Waals surface area contributed by atoms with E-state index in [0.717, 1.165) is 12.4 Å². The Morgan fingerprint density at radius 1 is 1.33 bits per heavy atom. The lowest BCUT2D eigenvalue weighted by Crippen LogP contribution is -2.36. The zero-order valence-electron chi connectivity index (χ0n) is 10.9. The van der Waals surface area contributed by atoms with E-state index in [0.29, 0.717) is 18.0 Å². The van der Waals surface area contributed by atoms with Gasteiger partial charge in [-0.1, -0.05) is 30.3 Å². The monoisotopic (exact) mass is 243 g/mol. The minimum absolute atomic E-state index is 0.450. The van der Waals surface area contributed by atoms with Gasteiger partial charge in [0.05, 0.1) is 6.04 Å². The van der Waals surface area contributed by atoms with Crippen LogP contribution in [0.3, 0.4) is 0 Å². The SMILES string of the molecule is CN(C(N)=NC1CC1Cc1ccccc1)C1CC1. The number of hydrogen-bond acceptors (Lipinski definition) is 1. The molecule has 2 aliphatic rings. The normalized spacial score (nSPS) is 27.1. The van der Waals surface area contributed by atoms with Crippen LogP contribution in [0.25, 0.3) is 0 Å². The maximum Gasteiger partial charge on any atom is 0.191 e. The molecule has 2 atom stereocenters. The van der Waals surface area contributed by atoms with Crippen molar-refractivity contribution in [2.75, 3.05) is 7.05 Å². The largest absolute Gasteiger partial charge is 0.370 e. The molecule has 2 N–H and O–H groups in total. The topological polar surface area (TPSA) is 41.6 Å². The summed E-state index contributed by atoms with van der Waals surface area (Å²) in [6.07, 6.45) is 4.86. The van der Waals surface area contributed by atoms with Crippen molar-refractivity contribution < 1.29 is 0 Å². The van der Waals surface area contributed by atoms with Gasteiger partial charge in [-0.3, -0.25) is 0 Å². The first-order chi connectivity index (χ1) is 8.74. The Hall–Kier alpha value is -1.51. The molecule has 0 aromatic heterocycles. The number of nitrogens with two attached hydrogens (primary N) is 1. The fourth-order valence-electron chi connectivity index (χ4n) is 2.44. The highest BCUT2D eigenvalue weighted by atomic mass is 15.3. The summed E-state index contributed by atoms with van der Waals surface area (Å²) >= 11 is 0. The number of aliphatic imine (C=N–C) groups is 1. The fraction of sp³-hybridized carbons (Fsp3) is 0.533. The molecular formula is C15H21N3. The summed E-state index contributed by atoms with van der Waals surface area (Å²) in [6, 6.07) is 11.8. The smallest absolute Gasteiger partial charge is 0.191 e. The van der Waals surface area contributed by atoms with E-state index in [9.17, 15) is 0 Å². The van der Waals surface area contributed by atoms with Gasteiger partial charge >= 0.3 is 0 Å². The summed E-state index contributed by atoms with van der Waals surface area (Å²) in [4.78, 5) is 6.78. The molecular weight excluding hydrogens is 222 g/mol. The average molecular weight is 243 g/mol. The highest BCUT2D eigenvalue weighted by molar-refractivity contribution is 5.78. The first-order valence-electron chi connectivity index (χ1n) is 6.84. The van der Waals surface area contributed by atoms with E-state index < -0.39 is 0 Å². The standard InChI is InChI=1S/C15H21N3/c1-18(13-7-8-13)15(16)17-14-10-12(14)9-11-5-3-2-4-6-11/h2-6,12-14H,7-10H2,1H3,(H2,16,17). The van der Waals surface area contributed by atoms with E-state index in [1.165, 1.54) is 24.8 Å². The van der Waals surface area contributed by atoms with Crippen LogP contribution in [0.1, 0.15) is 24.8 Å². The quantitative estimate of drug-likeness (QED) is 0.649. The van der Waals surface area contributed by atoms with Gasteiger partial charge in [0.15, 0.2) is 5.96 Å². The lowest BCUT2D eigenvalue weighted by atomic mass is 10.1. The lowest BCUT2D eigenvalue weighted by molar-refractivity contribution is 0.486. The van der Waals surface area contributed by atoms with Crippen LogP contribution in [0, 0.1) is 5.92 Å². The van der Waals surface area contributed by atoms with Crippen molar-refractivity contribution in [1.82, 2.24) is 4.90 Å². The maximum atomic E-state index is 6.03. The van der Waals surface area contributed by atoms with E-state index in [2.05, 4.69) is 47.3 Å². The maximum absolute atomic E-state index is 6.03. The van der Waals surface area contributed by atoms with Crippen LogP contribution in [0.4, 0.5) is 0 Å². The highest BCUT2D eigenvalue weighted by Crippen LogP contribution is 2.37. The Balaban J connectivity index is 1.53. The van der Waals surface area contributed by atoms with Gasteiger partial charge in [-0.2, -0.15) is 0 Å². The Labute approximate surface area is 109 Å². The Kier molecular flexibility index (Phi) is 2.98. The van der Waals surface area contributed by atoms with Crippen molar-refractivity contribution in [1.29, 1.82) is 0 Å². The third-order valence-corrected chi connectivity index (χ3v) is 3.98. The molecule has 0 aliphatic heterocycles. The van der Waals surface area contributed by atoms with Crippen LogP contribution in [0.15, 0.2) is 35.3 Å². The van der Waals surface area contributed by atoms with Crippen LogP contribution in [0.2, 0.25) is 0 Å². The van der Waals surface area contributed by atoms with Crippen molar-refractivity contribution in [3.8, 4) is 0 Å². The lowest BCUT2D eigenvalue weighted by Gasteiger charge is -2.16. The molecule has 0 radical (unpaired) electrons. The summed E-state index contributed by atoms with van der Waals surface area (Å²) in [5.74, 6) is 1.43. The fourth-order valence-corrected chi connectivity index (χ4v) is 2.44. The number of hydrogen-bond donors (Lipinski definition) is 1. The number of nitrogens with zero attached hydrogens (tertiary/aromatic N) is 2. The number of guanidine groups is 1. The first kappa shape index (κ1) is 11.6. The van der Waals surface area contributed by atoms with Crippen LogP contribution >= 0.6 is 0 Å². The second-order valence-electron chi connectivity index (χ2n) is 5.58. The number of benzene rings is 1. The molecule has 0 bridgehead atoms. The van der Waals surface area contributed by atoms with Crippen molar-refractivity contribution in [2.45, 2.75) is 37.8 Å². The molecule has 18 heavy (non-hydrogen) atoms.